The van der Waals surface area contributed by atoms with Crippen molar-refractivity contribution < 1.29 is 23.9 Å². The molecule has 0 saturated carbocycles. The lowest BCUT2D eigenvalue weighted by molar-refractivity contribution is -0.385. The Bertz CT molecular complexity index is 980. The fraction of sp³-hybridized carbons (Fsp3) is 0.200. The number of hydrogen-bond acceptors (Lipinski definition) is 7. The first-order chi connectivity index (χ1) is 13.5. The SMILES string of the molecule is CCOc1ccc(C2=N/C(=C\c3ccccc3[N+](=O)[O-])C(=O)O2)cc1OCC. The minimum atomic E-state index is -0.681. The van der Waals surface area contributed by atoms with Crippen LogP contribution in [0, 0.1) is 10.1 Å². The maximum absolute atomic E-state index is 12.2. The number of carbonyl (C=O) groups is 1. The van der Waals surface area contributed by atoms with E-state index in [1.54, 1.807) is 30.3 Å². The van der Waals surface area contributed by atoms with Crippen LogP contribution in [0.1, 0.15) is 25.0 Å². The van der Waals surface area contributed by atoms with E-state index >= 15 is 0 Å². The minimum Gasteiger partial charge on any atom is -0.490 e. The summed E-state index contributed by atoms with van der Waals surface area (Å²) in [6, 6.07) is 11.2. The van der Waals surface area contributed by atoms with Gasteiger partial charge in [0.15, 0.2) is 17.2 Å². The molecule has 0 N–H and O–H groups in total. The quantitative estimate of drug-likeness (QED) is 0.313. The van der Waals surface area contributed by atoms with Crippen molar-refractivity contribution in [1.29, 1.82) is 0 Å². The van der Waals surface area contributed by atoms with Gasteiger partial charge in [-0.2, -0.15) is 0 Å². The molecule has 1 aliphatic rings. The van der Waals surface area contributed by atoms with E-state index in [-0.39, 0.29) is 22.8 Å². The molecule has 0 atom stereocenters. The first kappa shape index (κ1) is 19.1. The smallest absolute Gasteiger partial charge is 0.363 e. The fourth-order valence-electron chi connectivity index (χ4n) is 2.64. The molecule has 2 aromatic carbocycles. The molecule has 0 saturated heterocycles. The van der Waals surface area contributed by atoms with Gasteiger partial charge in [0.2, 0.25) is 5.90 Å². The summed E-state index contributed by atoms with van der Waals surface area (Å²) in [5.41, 5.74) is 0.666. The van der Waals surface area contributed by atoms with Crippen LogP contribution in [-0.2, 0) is 9.53 Å². The fourth-order valence-corrected chi connectivity index (χ4v) is 2.64. The van der Waals surface area contributed by atoms with Crippen LogP contribution >= 0.6 is 0 Å². The highest BCUT2D eigenvalue weighted by atomic mass is 16.6. The van der Waals surface area contributed by atoms with E-state index in [1.807, 2.05) is 13.8 Å². The van der Waals surface area contributed by atoms with Crippen LogP contribution in [0.5, 0.6) is 11.5 Å². The van der Waals surface area contributed by atoms with Crippen molar-refractivity contribution in [3.05, 3.63) is 69.4 Å². The third-order valence-electron chi connectivity index (χ3n) is 3.84. The van der Waals surface area contributed by atoms with Crippen LogP contribution < -0.4 is 9.47 Å². The van der Waals surface area contributed by atoms with Crippen LogP contribution in [0.25, 0.3) is 6.08 Å². The Morgan fingerprint density at radius 2 is 1.82 bits per heavy atom. The van der Waals surface area contributed by atoms with E-state index in [4.69, 9.17) is 14.2 Å². The average Bonchev–Trinajstić information content (AvgIpc) is 3.04. The molecule has 8 heteroatoms. The van der Waals surface area contributed by atoms with Gasteiger partial charge in [-0.15, -0.1) is 0 Å². The van der Waals surface area contributed by atoms with E-state index < -0.39 is 10.9 Å². The third-order valence-corrected chi connectivity index (χ3v) is 3.84. The molecular weight excluding hydrogens is 364 g/mol. The Balaban J connectivity index is 1.96. The topological polar surface area (TPSA) is 100 Å². The van der Waals surface area contributed by atoms with Gasteiger partial charge in [0.1, 0.15) is 0 Å². The lowest BCUT2D eigenvalue weighted by atomic mass is 10.1. The third kappa shape index (κ3) is 4.01. The minimum absolute atomic E-state index is 0.0175. The summed E-state index contributed by atoms with van der Waals surface area (Å²) >= 11 is 0. The molecule has 144 valence electrons. The first-order valence-corrected chi connectivity index (χ1v) is 8.69. The monoisotopic (exact) mass is 382 g/mol. The zero-order valence-electron chi connectivity index (χ0n) is 15.4. The maximum atomic E-state index is 12.2. The largest absolute Gasteiger partial charge is 0.490 e. The van der Waals surface area contributed by atoms with Gasteiger partial charge in [-0.1, -0.05) is 12.1 Å². The Kier molecular flexibility index (Phi) is 5.69. The second kappa shape index (κ2) is 8.34. The number of nitrogens with zero attached hydrogens (tertiary/aromatic N) is 2. The second-order valence-corrected chi connectivity index (χ2v) is 5.68. The number of rotatable bonds is 7. The molecule has 0 bridgehead atoms. The summed E-state index contributed by atoms with van der Waals surface area (Å²) in [4.78, 5) is 27.0. The van der Waals surface area contributed by atoms with Crippen molar-refractivity contribution in [1.82, 2.24) is 0 Å². The molecule has 0 aliphatic carbocycles. The Labute approximate surface area is 161 Å². The standard InChI is InChI=1S/C20H18N2O6/c1-3-26-17-10-9-14(12-18(17)27-4-2)19-21-15(20(23)28-19)11-13-7-5-6-8-16(13)22(24)25/h5-12H,3-4H2,1-2H3/b15-11-. The maximum Gasteiger partial charge on any atom is 0.363 e. The highest BCUT2D eigenvalue weighted by molar-refractivity contribution is 6.13. The molecule has 28 heavy (non-hydrogen) atoms. The van der Waals surface area contributed by atoms with Crippen LogP contribution in [0.15, 0.2) is 53.2 Å². The van der Waals surface area contributed by atoms with Crippen molar-refractivity contribution in [3.63, 3.8) is 0 Å². The molecule has 0 amide bonds. The van der Waals surface area contributed by atoms with E-state index in [0.717, 1.165) is 0 Å². The number of carbonyl (C=O) groups excluding carboxylic acids is 1. The highest BCUT2D eigenvalue weighted by Gasteiger charge is 2.26. The van der Waals surface area contributed by atoms with Gasteiger partial charge in [0, 0.05) is 11.6 Å². The van der Waals surface area contributed by atoms with E-state index in [2.05, 4.69) is 4.99 Å². The van der Waals surface area contributed by atoms with Gasteiger partial charge >= 0.3 is 5.97 Å². The number of hydrogen-bond donors (Lipinski definition) is 0. The first-order valence-electron chi connectivity index (χ1n) is 8.69. The van der Waals surface area contributed by atoms with Crippen LogP contribution in [0.4, 0.5) is 5.69 Å². The van der Waals surface area contributed by atoms with Gasteiger partial charge in [0.25, 0.3) is 5.69 Å². The van der Waals surface area contributed by atoms with Crippen LogP contribution in [0.2, 0.25) is 0 Å². The van der Waals surface area contributed by atoms with Crippen molar-refractivity contribution in [2.45, 2.75) is 13.8 Å². The zero-order chi connectivity index (χ0) is 20.1. The predicted octanol–water partition coefficient (Wildman–Crippen LogP) is 3.74. The Morgan fingerprint density at radius 1 is 1.11 bits per heavy atom. The molecule has 0 unspecified atom stereocenters. The number of cyclic esters (lactones) is 1. The molecule has 3 rings (SSSR count). The molecule has 0 spiro atoms. The van der Waals surface area contributed by atoms with E-state index in [1.165, 1.54) is 18.2 Å². The van der Waals surface area contributed by atoms with Crippen molar-refractivity contribution in [2.75, 3.05) is 13.2 Å². The number of nitro groups is 1. The van der Waals surface area contributed by atoms with Crippen LogP contribution in [0.3, 0.4) is 0 Å². The molecular formula is C20H18N2O6. The number of aliphatic imine (C=N–C) groups is 1. The van der Waals surface area contributed by atoms with Crippen molar-refractivity contribution in [3.8, 4) is 11.5 Å². The van der Waals surface area contributed by atoms with E-state index in [0.29, 0.717) is 30.3 Å². The summed E-state index contributed by atoms with van der Waals surface area (Å²) in [5, 5.41) is 11.1. The number of ether oxygens (including phenoxy) is 3. The molecule has 0 fully saturated rings. The predicted molar refractivity (Wildman–Crippen MR) is 102 cm³/mol. The molecule has 0 aromatic heterocycles. The molecule has 1 heterocycles. The molecule has 0 radical (unpaired) electrons. The van der Waals surface area contributed by atoms with Gasteiger partial charge < -0.3 is 14.2 Å². The molecule has 1 aliphatic heterocycles. The summed E-state index contributed by atoms with van der Waals surface area (Å²) in [5.74, 6) is 0.504. The summed E-state index contributed by atoms with van der Waals surface area (Å²) in [7, 11) is 0. The summed E-state index contributed by atoms with van der Waals surface area (Å²) in [6.45, 7) is 4.64. The highest BCUT2D eigenvalue weighted by Crippen LogP contribution is 2.31. The Morgan fingerprint density at radius 3 is 2.54 bits per heavy atom. The van der Waals surface area contributed by atoms with Crippen LogP contribution in [-0.4, -0.2) is 30.0 Å². The number of nitro benzene ring substituents is 1. The zero-order valence-corrected chi connectivity index (χ0v) is 15.4. The van der Waals surface area contributed by atoms with Gasteiger partial charge in [-0.3, -0.25) is 10.1 Å². The average molecular weight is 382 g/mol. The van der Waals surface area contributed by atoms with Crippen molar-refractivity contribution in [2.24, 2.45) is 4.99 Å². The summed E-state index contributed by atoms with van der Waals surface area (Å²) in [6.07, 6.45) is 1.34. The molecule has 2 aromatic rings. The Hall–Kier alpha value is -3.68. The lowest BCUT2D eigenvalue weighted by Crippen LogP contribution is -2.06. The molecule has 8 nitrogen and oxygen atoms in total. The van der Waals surface area contributed by atoms with Gasteiger partial charge in [0.05, 0.1) is 23.7 Å². The van der Waals surface area contributed by atoms with Crippen molar-refractivity contribution >= 4 is 23.6 Å². The number of benzene rings is 2. The van der Waals surface area contributed by atoms with E-state index in [9.17, 15) is 14.9 Å². The number of esters is 1. The lowest BCUT2D eigenvalue weighted by Gasteiger charge is -2.11. The van der Waals surface area contributed by atoms with Gasteiger partial charge in [-0.25, -0.2) is 9.79 Å². The van der Waals surface area contributed by atoms with Gasteiger partial charge in [-0.05, 0) is 44.2 Å². The number of para-hydroxylation sites is 1. The normalized spacial score (nSPS) is 14.6. The summed E-state index contributed by atoms with van der Waals surface area (Å²) < 4.78 is 16.3. The second-order valence-electron chi connectivity index (χ2n) is 5.68.